The van der Waals surface area contributed by atoms with Gasteiger partial charge in [-0.15, -0.1) is 11.3 Å². The van der Waals surface area contributed by atoms with Crippen LogP contribution in [0.2, 0.25) is 0 Å². The average Bonchev–Trinajstić information content (AvgIpc) is 3.21. The first kappa shape index (κ1) is 17.1. The summed E-state index contributed by atoms with van der Waals surface area (Å²) in [5.41, 5.74) is 2.28. The Morgan fingerprint density at radius 2 is 2.19 bits per heavy atom. The predicted octanol–water partition coefficient (Wildman–Crippen LogP) is 2.05. The minimum absolute atomic E-state index is 0.0685. The summed E-state index contributed by atoms with van der Waals surface area (Å²) in [5, 5.41) is 12.4. The van der Waals surface area contributed by atoms with Gasteiger partial charge in [-0.25, -0.2) is 18.5 Å². The Labute approximate surface area is 153 Å². The third kappa shape index (κ3) is 3.22. The van der Waals surface area contributed by atoms with Gasteiger partial charge in [0.05, 0.1) is 23.2 Å². The Morgan fingerprint density at radius 1 is 1.42 bits per heavy atom. The van der Waals surface area contributed by atoms with Crippen LogP contribution in [0.3, 0.4) is 0 Å². The minimum Gasteiger partial charge on any atom is -0.347 e. The van der Waals surface area contributed by atoms with Gasteiger partial charge >= 0.3 is 0 Å². The third-order valence-electron chi connectivity index (χ3n) is 4.22. The summed E-state index contributed by atoms with van der Waals surface area (Å²) in [6, 6.07) is 4.86. The van der Waals surface area contributed by atoms with E-state index in [1.807, 2.05) is 0 Å². The van der Waals surface area contributed by atoms with Crippen LogP contribution < -0.4 is 10.5 Å². The van der Waals surface area contributed by atoms with E-state index in [1.54, 1.807) is 19.1 Å². The van der Waals surface area contributed by atoms with Gasteiger partial charge in [0.15, 0.2) is 0 Å². The number of hydrogen-bond acceptors (Lipinski definition) is 7. The Bertz CT molecular complexity index is 1110. The highest BCUT2D eigenvalue weighted by Gasteiger charge is 2.28. The average molecular weight is 392 g/mol. The van der Waals surface area contributed by atoms with Crippen LogP contribution in [-0.2, 0) is 16.6 Å². The van der Waals surface area contributed by atoms with E-state index >= 15 is 0 Å². The molecule has 0 unspecified atom stereocenters. The number of pyridine rings is 1. The molecule has 0 atom stereocenters. The molecule has 0 spiro atoms. The summed E-state index contributed by atoms with van der Waals surface area (Å²) >= 11 is 1.03. The smallest absolute Gasteiger partial charge is 0.259 e. The number of nitrogens with zero attached hydrogens (tertiary/aromatic N) is 2. The molecular weight excluding hydrogens is 376 g/mol. The summed E-state index contributed by atoms with van der Waals surface area (Å²) in [6.45, 7) is 1.96. The summed E-state index contributed by atoms with van der Waals surface area (Å²) in [4.78, 5) is 17.9. The van der Waals surface area contributed by atoms with Crippen molar-refractivity contribution in [2.75, 3.05) is 0 Å². The molecule has 0 bridgehead atoms. The predicted molar refractivity (Wildman–Crippen MR) is 95.4 cm³/mol. The highest BCUT2D eigenvalue weighted by Crippen LogP contribution is 2.40. The van der Waals surface area contributed by atoms with Gasteiger partial charge in [-0.2, -0.15) is 0 Å². The van der Waals surface area contributed by atoms with Crippen molar-refractivity contribution in [1.82, 2.24) is 15.5 Å². The lowest BCUT2D eigenvalue weighted by atomic mass is 10.1. The minimum atomic E-state index is -3.73. The number of fused-ring (bicyclic) bond motifs is 1. The van der Waals surface area contributed by atoms with Crippen molar-refractivity contribution in [2.45, 2.75) is 36.4 Å². The largest absolute Gasteiger partial charge is 0.347 e. The zero-order valence-electron chi connectivity index (χ0n) is 13.9. The molecule has 136 valence electrons. The first-order valence-corrected chi connectivity index (χ1v) is 10.4. The fourth-order valence-electron chi connectivity index (χ4n) is 2.75. The lowest BCUT2D eigenvalue weighted by molar-refractivity contribution is 0.0952. The molecule has 10 heteroatoms. The van der Waals surface area contributed by atoms with Crippen LogP contribution in [0.1, 0.15) is 45.4 Å². The maximum atomic E-state index is 12.7. The Balaban J connectivity index is 1.60. The van der Waals surface area contributed by atoms with Crippen LogP contribution in [-0.4, -0.2) is 24.5 Å². The monoisotopic (exact) mass is 392 g/mol. The van der Waals surface area contributed by atoms with Gasteiger partial charge in [0, 0.05) is 16.5 Å². The number of carbonyl (C=O) groups is 1. The first-order chi connectivity index (χ1) is 12.3. The lowest BCUT2D eigenvalue weighted by Crippen LogP contribution is -2.23. The molecule has 1 aliphatic rings. The van der Waals surface area contributed by atoms with E-state index in [9.17, 15) is 13.2 Å². The van der Waals surface area contributed by atoms with Crippen molar-refractivity contribution in [3.05, 3.63) is 40.0 Å². The molecule has 3 aromatic rings. The van der Waals surface area contributed by atoms with Crippen LogP contribution in [0.5, 0.6) is 0 Å². The molecule has 1 saturated carbocycles. The summed E-state index contributed by atoms with van der Waals surface area (Å²) < 4.78 is 28.0. The Morgan fingerprint density at radius 3 is 2.85 bits per heavy atom. The SMILES string of the molecule is Cc1noc2nc(C3CC3)cc(C(=O)NCc3ccc(S(N)(=O)=O)s3)c12. The molecule has 0 radical (unpaired) electrons. The van der Waals surface area contributed by atoms with E-state index in [2.05, 4.69) is 15.5 Å². The zero-order chi connectivity index (χ0) is 18.5. The summed E-state index contributed by atoms with van der Waals surface area (Å²) in [7, 11) is -3.73. The highest BCUT2D eigenvalue weighted by molar-refractivity contribution is 7.91. The fourth-order valence-corrected chi connectivity index (χ4v) is 4.47. The number of nitrogens with two attached hydrogens (primary N) is 1. The van der Waals surface area contributed by atoms with E-state index in [0.29, 0.717) is 33.2 Å². The molecule has 4 rings (SSSR count). The maximum absolute atomic E-state index is 12.7. The second-order valence-corrected chi connectivity index (χ2v) is 9.22. The molecule has 1 aliphatic carbocycles. The number of primary sulfonamides is 1. The van der Waals surface area contributed by atoms with Crippen LogP contribution in [0.15, 0.2) is 26.9 Å². The van der Waals surface area contributed by atoms with Gasteiger partial charge < -0.3 is 9.84 Å². The number of amides is 1. The van der Waals surface area contributed by atoms with E-state index in [1.165, 1.54) is 6.07 Å². The van der Waals surface area contributed by atoms with Crippen molar-refractivity contribution in [3.8, 4) is 0 Å². The zero-order valence-corrected chi connectivity index (χ0v) is 15.5. The molecule has 8 nitrogen and oxygen atoms in total. The quantitative estimate of drug-likeness (QED) is 0.684. The van der Waals surface area contributed by atoms with Gasteiger partial charge in [-0.05, 0) is 38.0 Å². The summed E-state index contributed by atoms with van der Waals surface area (Å²) in [5.74, 6) is 0.0853. The number of rotatable bonds is 5. The normalized spacial score (nSPS) is 14.7. The van der Waals surface area contributed by atoms with E-state index in [0.717, 1.165) is 29.9 Å². The van der Waals surface area contributed by atoms with Gasteiger partial charge in [0.1, 0.15) is 4.21 Å². The van der Waals surface area contributed by atoms with Crippen molar-refractivity contribution in [3.63, 3.8) is 0 Å². The molecule has 3 aromatic heterocycles. The van der Waals surface area contributed by atoms with E-state index < -0.39 is 10.0 Å². The summed E-state index contributed by atoms with van der Waals surface area (Å²) in [6.07, 6.45) is 2.11. The van der Waals surface area contributed by atoms with Crippen LogP contribution in [0.25, 0.3) is 11.1 Å². The molecule has 3 heterocycles. The van der Waals surface area contributed by atoms with E-state index in [-0.39, 0.29) is 16.7 Å². The molecule has 0 aromatic carbocycles. The number of aryl methyl sites for hydroxylation is 1. The van der Waals surface area contributed by atoms with Crippen LogP contribution in [0, 0.1) is 6.92 Å². The second-order valence-electron chi connectivity index (χ2n) is 6.27. The Kier molecular flexibility index (Phi) is 4.05. The topological polar surface area (TPSA) is 128 Å². The Hall–Kier alpha value is -2.30. The molecule has 3 N–H and O–H groups in total. The van der Waals surface area contributed by atoms with Crippen molar-refractivity contribution < 1.29 is 17.7 Å². The number of nitrogens with one attached hydrogen (secondary N) is 1. The lowest BCUT2D eigenvalue weighted by Gasteiger charge is -2.07. The molecule has 0 saturated heterocycles. The van der Waals surface area contributed by atoms with Crippen molar-refractivity contribution in [2.24, 2.45) is 5.14 Å². The molecule has 1 amide bonds. The van der Waals surface area contributed by atoms with Gasteiger partial charge in [-0.1, -0.05) is 5.16 Å². The van der Waals surface area contributed by atoms with Crippen LogP contribution >= 0.6 is 11.3 Å². The van der Waals surface area contributed by atoms with Gasteiger partial charge in [0.25, 0.3) is 11.6 Å². The highest BCUT2D eigenvalue weighted by atomic mass is 32.2. The van der Waals surface area contributed by atoms with Gasteiger partial charge in [-0.3, -0.25) is 4.79 Å². The van der Waals surface area contributed by atoms with E-state index in [4.69, 9.17) is 9.66 Å². The maximum Gasteiger partial charge on any atom is 0.259 e. The van der Waals surface area contributed by atoms with Crippen molar-refractivity contribution >= 4 is 38.4 Å². The van der Waals surface area contributed by atoms with Crippen molar-refractivity contribution in [1.29, 1.82) is 0 Å². The second kappa shape index (κ2) is 6.15. The standard InChI is InChI=1S/C16H16N4O4S2/c1-8-14-11(6-12(9-2-3-9)19-16(14)24-20-8)15(21)18-7-10-4-5-13(25-10)26(17,22)23/h4-6,9H,2-3,7H2,1H3,(H,18,21)(H2,17,22,23). The first-order valence-electron chi connectivity index (χ1n) is 7.99. The van der Waals surface area contributed by atoms with Gasteiger partial charge in [0.2, 0.25) is 10.0 Å². The number of sulfonamides is 1. The molecular formula is C16H16N4O4S2. The number of hydrogen-bond donors (Lipinski definition) is 2. The number of carbonyl (C=O) groups excluding carboxylic acids is 1. The number of aromatic nitrogens is 2. The number of thiophene rings is 1. The third-order valence-corrected chi connectivity index (χ3v) is 6.74. The molecule has 0 aliphatic heterocycles. The molecule has 26 heavy (non-hydrogen) atoms. The fraction of sp³-hybridized carbons (Fsp3) is 0.312. The molecule has 1 fully saturated rings. The van der Waals surface area contributed by atoms with Crippen LogP contribution in [0.4, 0.5) is 0 Å².